The monoisotopic (exact) mass is 388 g/mol. The highest BCUT2D eigenvalue weighted by molar-refractivity contribution is 5.97. The first kappa shape index (κ1) is 21.5. The van der Waals surface area contributed by atoms with Gasteiger partial charge in [0.25, 0.3) is 5.91 Å². The summed E-state index contributed by atoms with van der Waals surface area (Å²) in [4.78, 5) is 23.5. The molecular weight excluding hydrogens is 363 g/mol. The maximum atomic E-state index is 14.0. The van der Waals surface area contributed by atoms with E-state index < -0.39 is 11.7 Å². The van der Waals surface area contributed by atoms with Crippen LogP contribution in [0, 0.1) is 5.82 Å². The van der Waals surface area contributed by atoms with Crippen molar-refractivity contribution in [2.45, 2.75) is 27.0 Å². The highest BCUT2D eigenvalue weighted by Gasteiger charge is 2.13. The molecule has 0 radical (unpaired) electrons. The van der Waals surface area contributed by atoms with Crippen molar-refractivity contribution in [1.29, 1.82) is 0 Å². The number of hydrogen-bond donors (Lipinski definition) is 2. The minimum absolute atomic E-state index is 0.123. The van der Waals surface area contributed by atoms with E-state index in [1.165, 1.54) is 19.1 Å². The van der Waals surface area contributed by atoms with Crippen LogP contribution in [0.5, 0.6) is 0 Å². The predicted octanol–water partition coefficient (Wildman–Crippen LogP) is 3.27. The van der Waals surface area contributed by atoms with E-state index in [9.17, 15) is 14.0 Å². The van der Waals surface area contributed by atoms with Crippen molar-refractivity contribution in [3.05, 3.63) is 65.0 Å². The van der Waals surface area contributed by atoms with Crippen molar-refractivity contribution < 1.29 is 23.5 Å². The van der Waals surface area contributed by atoms with Crippen LogP contribution in [0.15, 0.2) is 42.5 Å². The third-order valence-corrected chi connectivity index (χ3v) is 3.82. The average molecular weight is 388 g/mol. The Kier molecular flexibility index (Phi) is 8.58. The number of rotatable bonds is 10. The minimum atomic E-state index is -0.650. The number of amides is 2. The van der Waals surface area contributed by atoms with Gasteiger partial charge in [0.1, 0.15) is 5.82 Å². The van der Waals surface area contributed by atoms with Crippen LogP contribution in [0.25, 0.3) is 0 Å². The molecule has 28 heavy (non-hydrogen) atoms. The minimum Gasteiger partial charge on any atom is -0.379 e. The number of carbonyl (C=O) groups excluding carboxylic acids is 2. The summed E-state index contributed by atoms with van der Waals surface area (Å²) < 4.78 is 24.7. The van der Waals surface area contributed by atoms with Crippen LogP contribution < -0.4 is 10.6 Å². The summed E-state index contributed by atoms with van der Waals surface area (Å²) in [6.45, 7) is 5.69. The van der Waals surface area contributed by atoms with Gasteiger partial charge < -0.3 is 20.1 Å². The second-order valence-electron chi connectivity index (χ2n) is 6.13. The lowest BCUT2D eigenvalue weighted by atomic mass is 10.1. The Balaban J connectivity index is 1.92. The lowest BCUT2D eigenvalue weighted by molar-refractivity contribution is -0.114. The van der Waals surface area contributed by atoms with E-state index in [0.717, 1.165) is 17.2 Å². The van der Waals surface area contributed by atoms with Crippen LogP contribution in [0.2, 0.25) is 0 Å². The summed E-state index contributed by atoms with van der Waals surface area (Å²) in [5.74, 6) is -1.50. The van der Waals surface area contributed by atoms with E-state index in [1.54, 1.807) is 0 Å². The molecule has 2 N–H and O–H groups in total. The summed E-state index contributed by atoms with van der Waals surface area (Å²) in [7, 11) is 0. The fourth-order valence-corrected chi connectivity index (χ4v) is 2.54. The Labute approximate surface area is 164 Å². The van der Waals surface area contributed by atoms with Gasteiger partial charge in [-0.15, -0.1) is 0 Å². The molecule has 0 aromatic heterocycles. The molecule has 2 amide bonds. The van der Waals surface area contributed by atoms with Gasteiger partial charge in [-0.05, 0) is 36.2 Å². The molecule has 2 rings (SSSR count). The molecule has 0 heterocycles. The number of benzene rings is 2. The first-order valence-electron chi connectivity index (χ1n) is 9.08. The molecule has 6 nitrogen and oxygen atoms in total. The lowest BCUT2D eigenvalue weighted by Crippen LogP contribution is -2.24. The van der Waals surface area contributed by atoms with Gasteiger partial charge in [0, 0.05) is 25.8 Å². The maximum absolute atomic E-state index is 14.0. The molecule has 0 unspecified atom stereocenters. The summed E-state index contributed by atoms with van der Waals surface area (Å²) in [5, 5.41) is 5.23. The number of ether oxygens (including phenoxy) is 2. The van der Waals surface area contributed by atoms with Crippen LogP contribution in [0.1, 0.15) is 35.3 Å². The highest BCUT2D eigenvalue weighted by atomic mass is 19.1. The van der Waals surface area contributed by atoms with Gasteiger partial charge in [0.2, 0.25) is 5.91 Å². The lowest BCUT2D eigenvalue weighted by Gasteiger charge is -2.10. The molecule has 0 bridgehead atoms. The maximum Gasteiger partial charge on any atom is 0.254 e. The zero-order valence-corrected chi connectivity index (χ0v) is 16.1. The Bertz CT molecular complexity index is 811. The van der Waals surface area contributed by atoms with Crippen molar-refractivity contribution in [2.75, 3.05) is 25.1 Å². The van der Waals surface area contributed by atoms with E-state index in [0.29, 0.717) is 32.1 Å². The SMILES string of the molecule is CCOCCOCc1cccc(CNC(=O)c2cc(NC(C)=O)ccc2F)c1. The third kappa shape index (κ3) is 7.09. The van der Waals surface area contributed by atoms with Gasteiger partial charge in [0.15, 0.2) is 0 Å². The molecule has 2 aromatic carbocycles. The van der Waals surface area contributed by atoms with Crippen LogP contribution in [0.4, 0.5) is 10.1 Å². The third-order valence-electron chi connectivity index (χ3n) is 3.82. The van der Waals surface area contributed by atoms with Crippen molar-refractivity contribution >= 4 is 17.5 Å². The normalized spacial score (nSPS) is 10.5. The van der Waals surface area contributed by atoms with Gasteiger partial charge in [-0.2, -0.15) is 0 Å². The predicted molar refractivity (Wildman–Crippen MR) is 104 cm³/mol. The summed E-state index contributed by atoms with van der Waals surface area (Å²) in [5.41, 5.74) is 2.09. The Morgan fingerprint density at radius 3 is 2.54 bits per heavy atom. The molecule has 0 saturated heterocycles. The molecule has 0 fully saturated rings. The molecule has 0 aliphatic rings. The van der Waals surface area contributed by atoms with E-state index in [4.69, 9.17) is 9.47 Å². The Hall–Kier alpha value is -2.77. The van der Waals surface area contributed by atoms with Crippen LogP contribution >= 0.6 is 0 Å². The molecule has 0 atom stereocenters. The van der Waals surface area contributed by atoms with E-state index in [2.05, 4.69) is 10.6 Å². The van der Waals surface area contributed by atoms with Crippen molar-refractivity contribution in [1.82, 2.24) is 5.32 Å². The van der Waals surface area contributed by atoms with Gasteiger partial charge in [0.05, 0.1) is 25.4 Å². The van der Waals surface area contributed by atoms with E-state index in [-0.39, 0.29) is 18.0 Å². The van der Waals surface area contributed by atoms with Gasteiger partial charge in [-0.3, -0.25) is 9.59 Å². The molecule has 2 aromatic rings. The molecule has 150 valence electrons. The Morgan fingerprint density at radius 1 is 1.04 bits per heavy atom. The Morgan fingerprint density at radius 2 is 1.79 bits per heavy atom. The quantitative estimate of drug-likeness (QED) is 0.613. The molecule has 0 saturated carbocycles. The zero-order chi connectivity index (χ0) is 20.4. The standard InChI is InChI=1S/C21H25FN2O4/c1-3-27-9-10-28-14-17-6-4-5-16(11-17)13-23-21(26)19-12-18(24-15(2)25)7-8-20(19)22/h4-8,11-12H,3,9-10,13-14H2,1-2H3,(H,23,26)(H,24,25). The second kappa shape index (κ2) is 11.2. The molecule has 0 aliphatic heterocycles. The molecule has 0 spiro atoms. The number of anilines is 1. The van der Waals surface area contributed by atoms with Crippen molar-refractivity contribution in [2.24, 2.45) is 0 Å². The summed E-state index contributed by atoms with van der Waals surface area (Å²) in [6.07, 6.45) is 0. The fourth-order valence-electron chi connectivity index (χ4n) is 2.54. The van der Waals surface area contributed by atoms with Crippen molar-refractivity contribution in [3.63, 3.8) is 0 Å². The van der Waals surface area contributed by atoms with E-state index >= 15 is 0 Å². The number of carbonyl (C=O) groups is 2. The summed E-state index contributed by atoms with van der Waals surface area (Å²) >= 11 is 0. The van der Waals surface area contributed by atoms with Gasteiger partial charge >= 0.3 is 0 Å². The average Bonchev–Trinajstić information content (AvgIpc) is 2.67. The van der Waals surface area contributed by atoms with Crippen LogP contribution in [-0.4, -0.2) is 31.6 Å². The van der Waals surface area contributed by atoms with Crippen LogP contribution in [0.3, 0.4) is 0 Å². The zero-order valence-electron chi connectivity index (χ0n) is 16.1. The number of hydrogen-bond acceptors (Lipinski definition) is 4. The largest absolute Gasteiger partial charge is 0.379 e. The molecular formula is C21H25FN2O4. The highest BCUT2D eigenvalue weighted by Crippen LogP contribution is 2.15. The first-order valence-corrected chi connectivity index (χ1v) is 9.08. The topological polar surface area (TPSA) is 76.7 Å². The second-order valence-corrected chi connectivity index (χ2v) is 6.13. The van der Waals surface area contributed by atoms with E-state index in [1.807, 2.05) is 31.2 Å². The first-order chi connectivity index (χ1) is 13.5. The van der Waals surface area contributed by atoms with Gasteiger partial charge in [-0.1, -0.05) is 24.3 Å². The summed E-state index contributed by atoms with van der Waals surface area (Å²) in [6, 6.07) is 11.5. The van der Waals surface area contributed by atoms with Gasteiger partial charge in [-0.25, -0.2) is 4.39 Å². The fraction of sp³-hybridized carbons (Fsp3) is 0.333. The van der Waals surface area contributed by atoms with Crippen molar-refractivity contribution in [3.8, 4) is 0 Å². The molecule has 0 aliphatic carbocycles. The number of nitrogens with one attached hydrogen (secondary N) is 2. The molecule has 7 heteroatoms. The smallest absolute Gasteiger partial charge is 0.254 e. The number of halogens is 1. The van der Waals surface area contributed by atoms with Crippen LogP contribution in [-0.2, 0) is 27.4 Å².